The van der Waals surface area contributed by atoms with Gasteiger partial charge in [-0.2, -0.15) is 0 Å². The molecule has 0 aliphatic carbocycles. The Morgan fingerprint density at radius 3 is 2.82 bits per heavy atom. The Labute approximate surface area is 111 Å². The van der Waals surface area contributed by atoms with Crippen molar-refractivity contribution >= 4 is 29.4 Å². The molecule has 0 radical (unpaired) electrons. The zero-order chi connectivity index (χ0) is 12.3. The number of unbranched alkanes of at least 4 members (excludes halogenated alkanes) is 1. The number of rotatable bonds is 10. The number of hydrogen-bond acceptors (Lipinski definition) is 4. The van der Waals surface area contributed by atoms with E-state index in [-0.39, 0.29) is 6.61 Å². The molecule has 17 heavy (non-hydrogen) atoms. The number of aromatic amines is 1. The number of aliphatic hydroxyl groups excluding tert-OH is 1. The van der Waals surface area contributed by atoms with Crippen LogP contribution in [0.4, 0.5) is 0 Å². The quantitative estimate of drug-likeness (QED) is 0.394. The van der Waals surface area contributed by atoms with Gasteiger partial charge in [-0.3, -0.25) is 0 Å². The van der Waals surface area contributed by atoms with Crippen LogP contribution in [0.5, 0.6) is 0 Å². The summed E-state index contributed by atoms with van der Waals surface area (Å²) in [4.78, 5) is 3.14. The molecule has 98 valence electrons. The highest BCUT2D eigenvalue weighted by Crippen LogP contribution is 2.31. The fraction of sp³-hybridized carbons (Fsp3) is 0.636. The van der Waals surface area contributed by atoms with E-state index in [0.717, 1.165) is 24.8 Å². The van der Waals surface area contributed by atoms with Gasteiger partial charge in [-0.1, -0.05) is 10.8 Å². The average Bonchev–Trinajstić information content (AvgIpc) is 2.84. The summed E-state index contributed by atoms with van der Waals surface area (Å²) in [5.41, 5.74) is 0. The highest BCUT2D eigenvalue weighted by molar-refractivity contribution is 8.76. The average molecular weight is 293 g/mol. The summed E-state index contributed by atoms with van der Waals surface area (Å²) in [5, 5.41) is 9.80. The van der Waals surface area contributed by atoms with E-state index in [1.807, 2.05) is 23.1 Å². The first-order valence-electron chi connectivity index (χ1n) is 5.88. The van der Waals surface area contributed by atoms with Crippen molar-refractivity contribution in [3.05, 3.63) is 18.3 Å². The Morgan fingerprint density at radius 1 is 1.29 bits per heavy atom. The third kappa shape index (κ3) is 7.98. The van der Waals surface area contributed by atoms with Crippen molar-refractivity contribution < 1.29 is 9.67 Å². The number of hydrogen-bond donors (Lipinski definition) is 2. The van der Waals surface area contributed by atoms with Crippen LogP contribution < -0.4 is 0 Å². The lowest BCUT2D eigenvalue weighted by molar-refractivity contribution is 0.295. The minimum absolute atomic E-state index is 0.166. The molecule has 0 aliphatic heterocycles. The first-order valence-corrected chi connectivity index (χ1v) is 10.0. The molecule has 0 fully saturated rings. The van der Waals surface area contributed by atoms with Gasteiger partial charge in [0.05, 0.1) is 12.8 Å². The summed E-state index contributed by atoms with van der Waals surface area (Å²) < 4.78 is 11.5. The van der Waals surface area contributed by atoms with Crippen LogP contribution in [0, 0.1) is 0 Å². The Hall–Kier alpha value is 0.170. The lowest BCUT2D eigenvalue weighted by atomic mass is 10.4. The molecular weight excluding hydrogens is 273 g/mol. The fourth-order valence-electron chi connectivity index (χ4n) is 1.36. The summed E-state index contributed by atoms with van der Waals surface area (Å²) in [7, 11) is 2.18. The van der Waals surface area contributed by atoms with Gasteiger partial charge >= 0.3 is 0 Å². The molecule has 0 aromatic carbocycles. The number of H-pyrrole nitrogens is 1. The van der Waals surface area contributed by atoms with Crippen LogP contribution in [0.2, 0.25) is 0 Å². The summed E-state index contributed by atoms with van der Waals surface area (Å²) >= 11 is 0. The van der Waals surface area contributed by atoms with Gasteiger partial charge in [0.2, 0.25) is 0 Å². The van der Waals surface area contributed by atoms with Gasteiger partial charge in [0.15, 0.2) is 0 Å². The first kappa shape index (κ1) is 15.2. The smallest absolute Gasteiger partial charge is 0.0829 e. The van der Waals surface area contributed by atoms with Gasteiger partial charge in [-0.05, 0) is 48.4 Å². The van der Waals surface area contributed by atoms with Crippen LogP contribution in [-0.4, -0.2) is 34.8 Å². The molecule has 0 saturated heterocycles. The molecule has 1 unspecified atom stereocenters. The summed E-state index contributed by atoms with van der Waals surface area (Å²) in [6.45, 7) is 0.166. The molecule has 0 amide bonds. The molecule has 1 aromatic rings. The highest BCUT2D eigenvalue weighted by Gasteiger charge is 2.00. The van der Waals surface area contributed by atoms with Crippen molar-refractivity contribution in [2.24, 2.45) is 0 Å². The fourth-order valence-corrected chi connectivity index (χ4v) is 4.88. The molecule has 1 heterocycles. The number of aliphatic hydroxyl groups is 1. The molecule has 0 bridgehead atoms. The second-order valence-corrected chi connectivity index (χ2v) is 8.30. The van der Waals surface area contributed by atoms with Gasteiger partial charge < -0.3 is 14.7 Å². The van der Waals surface area contributed by atoms with E-state index in [1.165, 1.54) is 5.03 Å². The van der Waals surface area contributed by atoms with Crippen LogP contribution in [-0.2, 0) is 4.57 Å². The van der Waals surface area contributed by atoms with Crippen molar-refractivity contribution in [2.45, 2.75) is 24.3 Å². The molecule has 1 atom stereocenters. The van der Waals surface area contributed by atoms with Crippen LogP contribution in [0.15, 0.2) is 23.4 Å². The standard InChI is InChI=1S/C11H20NO2PS2/c13-7-4-9-15(14)8-1-2-10-16-17-11-5-3-6-12-11/h3,5-6,12-13,15H,1-2,4,7-10H2. The zero-order valence-electron chi connectivity index (χ0n) is 9.85. The maximum absolute atomic E-state index is 11.5. The largest absolute Gasteiger partial charge is 0.396 e. The third-order valence-electron chi connectivity index (χ3n) is 2.27. The van der Waals surface area contributed by atoms with E-state index in [1.54, 1.807) is 10.8 Å². The van der Waals surface area contributed by atoms with E-state index in [4.69, 9.17) is 5.11 Å². The second kappa shape index (κ2) is 10.1. The van der Waals surface area contributed by atoms with Crippen molar-refractivity contribution in [1.29, 1.82) is 0 Å². The van der Waals surface area contributed by atoms with Crippen molar-refractivity contribution in [2.75, 3.05) is 24.7 Å². The molecule has 3 nitrogen and oxygen atoms in total. The lowest BCUT2D eigenvalue weighted by Gasteiger charge is -2.01. The Bertz CT molecular complexity index is 306. The van der Waals surface area contributed by atoms with Gasteiger partial charge in [0, 0.05) is 24.7 Å². The van der Waals surface area contributed by atoms with Gasteiger partial charge in [-0.15, -0.1) is 0 Å². The lowest BCUT2D eigenvalue weighted by Crippen LogP contribution is -1.89. The normalized spacial score (nSPS) is 12.8. The number of nitrogens with one attached hydrogen (secondary N) is 1. The summed E-state index contributed by atoms with van der Waals surface area (Å²) in [6.07, 6.45) is 6.34. The topological polar surface area (TPSA) is 53.1 Å². The van der Waals surface area contributed by atoms with Crippen LogP contribution in [0.25, 0.3) is 0 Å². The van der Waals surface area contributed by atoms with Gasteiger partial charge in [0.1, 0.15) is 0 Å². The van der Waals surface area contributed by atoms with E-state index in [2.05, 4.69) is 11.1 Å². The summed E-state index contributed by atoms with van der Waals surface area (Å²) in [6, 6.07) is 4.06. The zero-order valence-corrected chi connectivity index (χ0v) is 12.5. The maximum Gasteiger partial charge on any atom is 0.0829 e. The third-order valence-corrected chi connectivity index (χ3v) is 6.49. The summed E-state index contributed by atoms with van der Waals surface area (Å²) in [5.74, 6) is 1.10. The molecule has 1 aromatic heterocycles. The van der Waals surface area contributed by atoms with Gasteiger partial charge in [0.25, 0.3) is 0 Å². The molecule has 6 heteroatoms. The Balaban J connectivity index is 1.89. The molecule has 2 N–H and O–H groups in total. The Kier molecular flexibility index (Phi) is 9.07. The minimum atomic E-state index is -1.41. The molecule has 0 saturated carbocycles. The Morgan fingerprint density at radius 2 is 2.12 bits per heavy atom. The molecular formula is C11H20NO2PS2. The van der Waals surface area contributed by atoms with E-state index < -0.39 is 7.80 Å². The maximum atomic E-state index is 11.5. The number of aromatic nitrogens is 1. The molecule has 1 rings (SSSR count). The highest BCUT2D eigenvalue weighted by atomic mass is 33.1. The SMILES string of the molecule is O=[PH](CCCO)CCCCSSc1ccc[nH]1. The van der Waals surface area contributed by atoms with Crippen molar-refractivity contribution in [3.63, 3.8) is 0 Å². The first-order chi connectivity index (χ1) is 8.33. The predicted octanol–water partition coefficient (Wildman–Crippen LogP) is 3.48. The van der Waals surface area contributed by atoms with E-state index in [0.29, 0.717) is 12.6 Å². The van der Waals surface area contributed by atoms with E-state index in [9.17, 15) is 4.57 Å². The van der Waals surface area contributed by atoms with Crippen LogP contribution in [0.1, 0.15) is 19.3 Å². The van der Waals surface area contributed by atoms with Crippen LogP contribution in [0.3, 0.4) is 0 Å². The monoisotopic (exact) mass is 293 g/mol. The van der Waals surface area contributed by atoms with Gasteiger partial charge in [-0.25, -0.2) is 0 Å². The minimum Gasteiger partial charge on any atom is -0.396 e. The van der Waals surface area contributed by atoms with Crippen molar-refractivity contribution in [1.82, 2.24) is 4.98 Å². The second-order valence-electron chi connectivity index (χ2n) is 3.76. The molecule has 0 spiro atoms. The molecule has 0 aliphatic rings. The predicted molar refractivity (Wildman–Crippen MR) is 78.8 cm³/mol. The van der Waals surface area contributed by atoms with E-state index >= 15 is 0 Å². The van der Waals surface area contributed by atoms with Crippen LogP contribution >= 0.6 is 29.4 Å². The van der Waals surface area contributed by atoms with Crippen molar-refractivity contribution in [3.8, 4) is 0 Å².